The molecule has 1 saturated heterocycles. The third-order valence-corrected chi connectivity index (χ3v) is 6.35. The summed E-state index contributed by atoms with van der Waals surface area (Å²) in [5.74, 6) is 1.01. The number of carbonyl (C=O) groups is 2. The van der Waals surface area contributed by atoms with E-state index in [4.69, 9.17) is 14.2 Å². The summed E-state index contributed by atoms with van der Waals surface area (Å²) in [6, 6.07) is 14.4. The average molecular weight is 495 g/mol. The van der Waals surface area contributed by atoms with E-state index in [0.29, 0.717) is 42.3 Å². The number of methoxy groups -OCH3 is 1. The maximum atomic E-state index is 13.0. The van der Waals surface area contributed by atoms with Gasteiger partial charge in [0, 0.05) is 44.0 Å². The molecule has 0 saturated carbocycles. The van der Waals surface area contributed by atoms with Gasteiger partial charge < -0.3 is 29.7 Å². The van der Waals surface area contributed by atoms with Gasteiger partial charge in [-0.2, -0.15) is 0 Å². The largest absolute Gasteiger partial charge is 0.494 e. The van der Waals surface area contributed by atoms with Gasteiger partial charge in [0.1, 0.15) is 11.5 Å². The number of para-hydroxylation sites is 3. The molecule has 192 valence electrons. The van der Waals surface area contributed by atoms with Crippen LogP contribution in [0.15, 0.2) is 59.8 Å². The summed E-state index contributed by atoms with van der Waals surface area (Å²) >= 11 is 0. The summed E-state index contributed by atoms with van der Waals surface area (Å²) < 4.78 is 16.7. The number of nitrogens with zero attached hydrogens (tertiary/aromatic N) is 2. The number of benzene rings is 2. The summed E-state index contributed by atoms with van der Waals surface area (Å²) in [5.41, 5.74) is 2.72. The van der Waals surface area contributed by atoms with Gasteiger partial charge in [-0.1, -0.05) is 30.3 Å². The predicted octanol–water partition coefficient (Wildman–Crippen LogP) is 3.09. The van der Waals surface area contributed by atoms with E-state index in [2.05, 4.69) is 26.5 Å². The molecular weight excluding hydrogens is 460 g/mol. The fourth-order valence-corrected chi connectivity index (χ4v) is 4.70. The standard InChI is InChI=1S/C27H34N4O5/c1-4-35-22-12-8-6-10-19(22)25-24(26(32)34-3)20(28-27(33)29-25)18-30-14-16-31(17-15-30)21-11-7-9-13-23(21)36-5-2/h6-13,25H,4-5,14-18H2,1-3H3,(H2,28,29,33)/t25-/m1/s1. The van der Waals surface area contributed by atoms with Crippen molar-refractivity contribution < 1.29 is 23.8 Å². The molecule has 2 aliphatic rings. The zero-order chi connectivity index (χ0) is 25.5. The molecule has 2 N–H and O–H groups in total. The molecule has 4 rings (SSSR count). The minimum absolute atomic E-state index is 0.363. The number of nitrogens with one attached hydrogen (secondary N) is 2. The van der Waals surface area contributed by atoms with Crippen molar-refractivity contribution in [3.05, 3.63) is 65.4 Å². The Hall–Kier alpha value is -3.72. The summed E-state index contributed by atoms with van der Waals surface area (Å²) in [6.45, 7) is 8.51. The number of piperazine rings is 1. The first-order chi connectivity index (χ1) is 17.5. The lowest BCUT2D eigenvalue weighted by molar-refractivity contribution is -0.136. The second kappa shape index (κ2) is 11.8. The smallest absolute Gasteiger partial charge is 0.338 e. The molecule has 9 nitrogen and oxygen atoms in total. The van der Waals surface area contributed by atoms with Crippen LogP contribution in [0, 0.1) is 0 Å². The maximum absolute atomic E-state index is 13.0. The highest BCUT2D eigenvalue weighted by Gasteiger charge is 2.36. The van der Waals surface area contributed by atoms with Crippen LogP contribution in [-0.2, 0) is 9.53 Å². The van der Waals surface area contributed by atoms with Gasteiger partial charge in [0.25, 0.3) is 0 Å². The predicted molar refractivity (Wildman–Crippen MR) is 137 cm³/mol. The fraction of sp³-hybridized carbons (Fsp3) is 0.407. The maximum Gasteiger partial charge on any atom is 0.338 e. The van der Waals surface area contributed by atoms with Crippen molar-refractivity contribution in [2.75, 3.05) is 57.9 Å². The SMILES string of the molecule is CCOc1ccccc1[C@H]1NC(=O)NC(CN2CCN(c3ccccc3OCC)CC2)=C1C(=O)OC. The lowest BCUT2D eigenvalue weighted by Gasteiger charge is -2.38. The average Bonchev–Trinajstić information content (AvgIpc) is 2.89. The first-order valence-corrected chi connectivity index (χ1v) is 12.3. The molecule has 1 atom stereocenters. The summed E-state index contributed by atoms with van der Waals surface area (Å²) in [4.78, 5) is 30.2. The molecule has 0 spiro atoms. The van der Waals surface area contributed by atoms with Gasteiger partial charge in [-0.25, -0.2) is 9.59 Å². The van der Waals surface area contributed by atoms with Gasteiger partial charge >= 0.3 is 12.0 Å². The van der Waals surface area contributed by atoms with Gasteiger partial charge in [-0.3, -0.25) is 4.90 Å². The molecular formula is C27H34N4O5. The molecule has 1 fully saturated rings. The highest BCUT2D eigenvalue weighted by Crippen LogP contribution is 2.34. The highest BCUT2D eigenvalue weighted by molar-refractivity contribution is 5.95. The van der Waals surface area contributed by atoms with Gasteiger partial charge in [0.15, 0.2) is 0 Å². The summed E-state index contributed by atoms with van der Waals surface area (Å²) in [7, 11) is 1.35. The summed E-state index contributed by atoms with van der Waals surface area (Å²) in [6.07, 6.45) is 0. The van der Waals surface area contributed by atoms with E-state index in [1.54, 1.807) is 0 Å². The lowest BCUT2D eigenvalue weighted by atomic mass is 9.94. The molecule has 2 amide bonds. The second-order valence-corrected chi connectivity index (χ2v) is 8.55. The van der Waals surface area contributed by atoms with Gasteiger partial charge in [0.05, 0.1) is 37.6 Å². The van der Waals surface area contributed by atoms with E-state index in [9.17, 15) is 9.59 Å². The zero-order valence-electron chi connectivity index (χ0n) is 21.1. The second-order valence-electron chi connectivity index (χ2n) is 8.55. The minimum Gasteiger partial charge on any atom is -0.494 e. The normalized spacial score (nSPS) is 18.4. The Morgan fingerprint density at radius 3 is 2.28 bits per heavy atom. The Morgan fingerprint density at radius 1 is 0.944 bits per heavy atom. The van der Waals surface area contributed by atoms with Crippen molar-refractivity contribution in [2.45, 2.75) is 19.9 Å². The van der Waals surface area contributed by atoms with Crippen molar-refractivity contribution in [3.8, 4) is 11.5 Å². The van der Waals surface area contributed by atoms with Crippen LogP contribution in [0.4, 0.5) is 10.5 Å². The number of esters is 1. The number of hydrogen-bond donors (Lipinski definition) is 2. The van der Waals surface area contributed by atoms with Crippen molar-refractivity contribution in [3.63, 3.8) is 0 Å². The van der Waals surface area contributed by atoms with Crippen molar-refractivity contribution in [2.24, 2.45) is 0 Å². The van der Waals surface area contributed by atoms with E-state index in [1.807, 2.05) is 56.3 Å². The Balaban J connectivity index is 1.56. The number of urea groups is 1. The molecule has 2 aliphatic heterocycles. The Kier molecular flexibility index (Phi) is 8.32. The van der Waals surface area contributed by atoms with Crippen molar-refractivity contribution in [1.82, 2.24) is 15.5 Å². The molecule has 2 heterocycles. The van der Waals surface area contributed by atoms with Crippen LogP contribution in [-0.4, -0.2) is 69.9 Å². The van der Waals surface area contributed by atoms with Crippen LogP contribution in [0.2, 0.25) is 0 Å². The van der Waals surface area contributed by atoms with Gasteiger partial charge in [0.2, 0.25) is 0 Å². The van der Waals surface area contributed by atoms with Crippen molar-refractivity contribution in [1.29, 1.82) is 0 Å². The number of carbonyl (C=O) groups excluding carboxylic acids is 2. The van der Waals surface area contributed by atoms with Crippen LogP contribution >= 0.6 is 0 Å². The number of amides is 2. The van der Waals surface area contributed by atoms with Crippen LogP contribution in [0.25, 0.3) is 0 Å². The topological polar surface area (TPSA) is 92.4 Å². The number of rotatable bonds is 9. The Morgan fingerprint density at radius 2 is 1.58 bits per heavy atom. The quantitative estimate of drug-likeness (QED) is 0.518. The van der Waals surface area contributed by atoms with E-state index in [1.165, 1.54) is 7.11 Å². The molecule has 36 heavy (non-hydrogen) atoms. The molecule has 0 bridgehead atoms. The lowest BCUT2D eigenvalue weighted by Crippen LogP contribution is -2.51. The Labute approximate surface area is 212 Å². The molecule has 0 aliphatic carbocycles. The Bertz CT molecular complexity index is 1110. The molecule has 2 aromatic carbocycles. The number of anilines is 1. The monoisotopic (exact) mass is 494 g/mol. The van der Waals surface area contributed by atoms with Crippen LogP contribution in [0.3, 0.4) is 0 Å². The molecule has 0 unspecified atom stereocenters. The van der Waals surface area contributed by atoms with Crippen LogP contribution in [0.5, 0.6) is 11.5 Å². The minimum atomic E-state index is -0.677. The molecule has 0 radical (unpaired) electrons. The fourth-order valence-electron chi connectivity index (χ4n) is 4.70. The third kappa shape index (κ3) is 5.57. The van der Waals surface area contributed by atoms with Crippen LogP contribution in [0.1, 0.15) is 25.5 Å². The van der Waals surface area contributed by atoms with E-state index < -0.39 is 12.0 Å². The first kappa shape index (κ1) is 25.4. The third-order valence-electron chi connectivity index (χ3n) is 6.35. The molecule has 2 aromatic rings. The van der Waals surface area contributed by atoms with E-state index >= 15 is 0 Å². The van der Waals surface area contributed by atoms with E-state index in [-0.39, 0.29) is 6.03 Å². The van der Waals surface area contributed by atoms with Crippen molar-refractivity contribution >= 4 is 17.7 Å². The number of ether oxygens (including phenoxy) is 3. The van der Waals surface area contributed by atoms with E-state index in [0.717, 1.165) is 37.6 Å². The van der Waals surface area contributed by atoms with Crippen LogP contribution < -0.4 is 25.0 Å². The zero-order valence-corrected chi connectivity index (χ0v) is 21.1. The highest BCUT2D eigenvalue weighted by atomic mass is 16.5. The van der Waals surface area contributed by atoms with Gasteiger partial charge in [-0.15, -0.1) is 0 Å². The molecule has 9 heteroatoms. The van der Waals surface area contributed by atoms with Gasteiger partial charge in [-0.05, 0) is 32.0 Å². The first-order valence-electron chi connectivity index (χ1n) is 12.3. The molecule has 0 aromatic heterocycles. The number of hydrogen-bond acceptors (Lipinski definition) is 7. The summed E-state index contributed by atoms with van der Waals surface area (Å²) in [5, 5.41) is 5.74.